The zero-order valence-corrected chi connectivity index (χ0v) is 13.8. The van der Waals surface area contributed by atoms with Gasteiger partial charge in [0.25, 0.3) is 5.91 Å². The van der Waals surface area contributed by atoms with Crippen molar-refractivity contribution in [2.24, 2.45) is 0 Å². The summed E-state index contributed by atoms with van der Waals surface area (Å²) in [7, 11) is 0. The molecule has 0 saturated carbocycles. The molecule has 0 aliphatic rings. The lowest BCUT2D eigenvalue weighted by molar-refractivity contribution is -0.117. The number of nitrogens with one attached hydrogen (secondary N) is 2. The molecular weight excluding hydrogens is 345 g/mol. The number of nitrogens with zero attached hydrogens (tertiary/aromatic N) is 1. The van der Waals surface area contributed by atoms with E-state index in [9.17, 15) is 14.3 Å². The molecule has 1 amide bonds. The number of anilines is 1. The standard InChI is InChI=1S/C18H15ClFN3O2/c19-16-9-14(3-6-17(16)20)23-11-13(10-21)18(25)22-8-7-12-1-4-15(24)5-2-12/h1-6,9,11,23-24H,7-8H2,(H,22,25)/b13-11-. The molecule has 0 spiro atoms. The average Bonchev–Trinajstić information content (AvgIpc) is 2.60. The number of nitriles is 1. The van der Waals surface area contributed by atoms with Gasteiger partial charge in [0, 0.05) is 18.4 Å². The highest BCUT2D eigenvalue weighted by Crippen LogP contribution is 2.19. The summed E-state index contributed by atoms with van der Waals surface area (Å²) in [6, 6.07) is 12.4. The Morgan fingerprint density at radius 1 is 1.28 bits per heavy atom. The average molecular weight is 360 g/mol. The molecule has 2 rings (SSSR count). The molecule has 0 fully saturated rings. The maximum absolute atomic E-state index is 13.1. The van der Waals surface area contributed by atoms with E-state index in [1.807, 2.05) is 0 Å². The molecule has 25 heavy (non-hydrogen) atoms. The molecule has 0 aromatic heterocycles. The molecule has 0 saturated heterocycles. The molecule has 128 valence electrons. The molecular formula is C18H15ClFN3O2. The fraction of sp³-hybridized carbons (Fsp3) is 0.111. The van der Waals surface area contributed by atoms with E-state index in [1.54, 1.807) is 30.3 Å². The van der Waals surface area contributed by atoms with E-state index in [-0.39, 0.29) is 16.3 Å². The SMILES string of the molecule is N#C/C(=C/Nc1ccc(F)c(Cl)c1)C(=O)NCCc1ccc(O)cc1. The highest BCUT2D eigenvalue weighted by molar-refractivity contribution is 6.31. The van der Waals surface area contributed by atoms with Gasteiger partial charge in [-0.1, -0.05) is 23.7 Å². The summed E-state index contributed by atoms with van der Waals surface area (Å²) in [6.45, 7) is 0.338. The van der Waals surface area contributed by atoms with Crippen LogP contribution in [0.15, 0.2) is 54.2 Å². The Morgan fingerprint density at radius 2 is 2.00 bits per heavy atom. The van der Waals surface area contributed by atoms with Gasteiger partial charge in [-0.05, 0) is 42.3 Å². The van der Waals surface area contributed by atoms with Crippen molar-refractivity contribution in [3.63, 3.8) is 0 Å². The number of aromatic hydroxyl groups is 1. The fourth-order valence-electron chi connectivity index (χ4n) is 1.97. The van der Waals surface area contributed by atoms with E-state index in [0.29, 0.717) is 18.7 Å². The fourth-order valence-corrected chi connectivity index (χ4v) is 2.15. The van der Waals surface area contributed by atoms with Crippen LogP contribution in [0.1, 0.15) is 5.56 Å². The van der Waals surface area contributed by atoms with Gasteiger partial charge in [0.1, 0.15) is 23.2 Å². The van der Waals surface area contributed by atoms with Crippen LogP contribution in [0.25, 0.3) is 0 Å². The molecule has 0 bridgehead atoms. The molecule has 7 heteroatoms. The van der Waals surface area contributed by atoms with Crippen molar-refractivity contribution in [1.29, 1.82) is 5.26 Å². The van der Waals surface area contributed by atoms with Crippen LogP contribution >= 0.6 is 11.6 Å². The first-order valence-electron chi connectivity index (χ1n) is 7.37. The molecule has 0 unspecified atom stereocenters. The molecule has 3 N–H and O–H groups in total. The van der Waals surface area contributed by atoms with Gasteiger partial charge in [-0.2, -0.15) is 5.26 Å². The van der Waals surface area contributed by atoms with E-state index < -0.39 is 11.7 Å². The molecule has 2 aromatic rings. The second-order valence-electron chi connectivity index (χ2n) is 5.12. The van der Waals surface area contributed by atoms with Crippen LogP contribution < -0.4 is 10.6 Å². The van der Waals surface area contributed by atoms with Gasteiger partial charge in [0.2, 0.25) is 0 Å². The smallest absolute Gasteiger partial charge is 0.263 e. The van der Waals surface area contributed by atoms with Crippen LogP contribution in [0, 0.1) is 17.1 Å². The number of phenols is 1. The molecule has 0 aliphatic heterocycles. The quantitative estimate of drug-likeness (QED) is 0.545. The highest BCUT2D eigenvalue weighted by atomic mass is 35.5. The number of amides is 1. The van der Waals surface area contributed by atoms with Gasteiger partial charge in [-0.3, -0.25) is 4.79 Å². The van der Waals surface area contributed by atoms with Crippen LogP contribution in [0.4, 0.5) is 10.1 Å². The van der Waals surface area contributed by atoms with Gasteiger partial charge in [-0.25, -0.2) is 4.39 Å². The van der Waals surface area contributed by atoms with Crippen LogP contribution in [0.2, 0.25) is 5.02 Å². The monoisotopic (exact) mass is 359 g/mol. The third-order valence-electron chi connectivity index (χ3n) is 3.30. The second-order valence-corrected chi connectivity index (χ2v) is 5.52. The Kier molecular flexibility index (Phi) is 6.38. The van der Waals surface area contributed by atoms with Crippen molar-refractivity contribution in [2.75, 3.05) is 11.9 Å². The number of phenolic OH excluding ortho intramolecular Hbond substituents is 1. The van der Waals surface area contributed by atoms with Crippen molar-refractivity contribution >= 4 is 23.2 Å². The van der Waals surface area contributed by atoms with Gasteiger partial charge in [-0.15, -0.1) is 0 Å². The van der Waals surface area contributed by atoms with Crippen molar-refractivity contribution in [2.45, 2.75) is 6.42 Å². The Bertz CT molecular complexity index is 829. The van der Waals surface area contributed by atoms with Crippen LogP contribution in [-0.2, 0) is 11.2 Å². The van der Waals surface area contributed by atoms with Gasteiger partial charge in [0.15, 0.2) is 0 Å². The lowest BCUT2D eigenvalue weighted by Crippen LogP contribution is -2.27. The Labute approximate surface area is 149 Å². The van der Waals surface area contributed by atoms with E-state index in [2.05, 4.69) is 10.6 Å². The number of benzene rings is 2. The number of hydrogen-bond donors (Lipinski definition) is 3. The summed E-state index contributed by atoms with van der Waals surface area (Å²) in [5.74, 6) is -0.903. The molecule has 0 aliphatic carbocycles. The number of rotatable bonds is 6. The van der Waals surface area contributed by atoms with E-state index in [1.165, 1.54) is 24.4 Å². The predicted molar refractivity (Wildman–Crippen MR) is 93.5 cm³/mol. The van der Waals surface area contributed by atoms with Crippen molar-refractivity contribution in [3.05, 3.63) is 70.6 Å². The summed E-state index contributed by atoms with van der Waals surface area (Å²) in [5.41, 5.74) is 1.28. The minimum absolute atomic E-state index is 0.0599. The summed E-state index contributed by atoms with van der Waals surface area (Å²) in [6.07, 6.45) is 1.80. The topological polar surface area (TPSA) is 85.2 Å². The Hall–Kier alpha value is -3.04. The normalized spacial score (nSPS) is 10.8. The van der Waals surface area contributed by atoms with Gasteiger partial charge in [0.05, 0.1) is 5.02 Å². The first-order valence-corrected chi connectivity index (χ1v) is 7.75. The minimum Gasteiger partial charge on any atom is -0.508 e. The zero-order chi connectivity index (χ0) is 18.2. The van der Waals surface area contributed by atoms with E-state index in [0.717, 1.165) is 5.56 Å². The maximum Gasteiger partial charge on any atom is 0.263 e. The van der Waals surface area contributed by atoms with Crippen LogP contribution in [-0.4, -0.2) is 17.6 Å². The van der Waals surface area contributed by atoms with Crippen LogP contribution in [0.3, 0.4) is 0 Å². The summed E-state index contributed by atoms with van der Waals surface area (Å²) in [4.78, 5) is 12.0. The zero-order valence-electron chi connectivity index (χ0n) is 13.1. The number of carbonyl (C=O) groups is 1. The number of halogens is 2. The largest absolute Gasteiger partial charge is 0.508 e. The number of hydrogen-bond acceptors (Lipinski definition) is 4. The second kappa shape index (κ2) is 8.71. The molecule has 0 heterocycles. The summed E-state index contributed by atoms with van der Waals surface area (Å²) in [5, 5.41) is 23.6. The van der Waals surface area contributed by atoms with Gasteiger partial charge >= 0.3 is 0 Å². The van der Waals surface area contributed by atoms with E-state index in [4.69, 9.17) is 16.9 Å². The lowest BCUT2D eigenvalue weighted by Gasteiger charge is -2.06. The minimum atomic E-state index is -0.552. The first kappa shape index (κ1) is 18.3. The van der Waals surface area contributed by atoms with Crippen molar-refractivity contribution in [1.82, 2.24) is 5.32 Å². The number of carbonyl (C=O) groups excluding carboxylic acids is 1. The Balaban J connectivity index is 1.90. The van der Waals surface area contributed by atoms with Crippen molar-refractivity contribution in [3.8, 4) is 11.8 Å². The van der Waals surface area contributed by atoms with Gasteiger partial charge < -0.3 is 15.7 Å². The lowest BCUT2D eigenvalue weighted by atomic mass is 10.1. The first-order chi connectivity index (χ1) is 12.0. The molecule has 0 atom stereocenters. The summed E-state index contributed by atoms with van der Waals surface area (Å²) >= 11 is 5.67. The maximum atomic E-state index is 13.1. The third-order valence-corrected chi connectivity index (χ3v) is 3.59. The predicted octanol–water partition coefficient (Wildman–Crippen LogP) is 3.36. The molecule has 2 aromatic carbocycles. The van der Waals surface area contributed by atoms with E-state index >= 15 is 0 Å². The molecule has 0 radical (unpaired) electrons. The van der Waals surface area contributed by atoms with Crippen molar-refractivity contribution < 1.29 is 14.3 Å². The highest BCUT2D eigenvalue weighted by Gasteiger charge is 2.08. The Morgan fingerprint density at radius 3 is 2.64 bits per heavy atom. The molecule has 5 nitrogen and oxygen atoms in total. The third kappa shape index (κ3) is 5.52. The van der Waals surface area contributed by atoms with Crippen LogP contribution in [0.5, 0.6) is 5.75 Å². The summed E-state index contributed by atoms with van der Waals surface area (Å²) < 4.78 is 13.1.